The number of benzene rings is 1. The van der Waals surface area contributed by atoms with Crippen LogP contribution in [0.2, 0.25) is 0 Å². The standard InChI is InChI=1S/C18H16N4O3S/c23-17(14-10-15(25-22-14)16-2-1-9-26-16)19-11-3-5-12(6-4-11)20-18(24)21-13-7-8-13/h1-6,9-10,13H,7-8H2,(H,19,23)(H2,20,21,24). The Labute approximate surface area is 153 Å². The van der Waals surface area contributed by atoms with Crippen molar-refractivity contribution in [2.75, 3.05) is 10.6 Å². The van der Waals surface area contributed by atoms with Gasteiger partial charge in [0, 0.05) is 23.5 Å². The topological polar surface area (TPSA) is 96.3 Å². The lowest BCUT2D eigenvalue weighted by atomic mass is 10.2. The molecular weight excluding hydrogens is 352 g/mol. The van der Waals surface area contributed by atoms with Crippen molar-refractivity contribution in [3.8, 4) is 10.6 Å². The first-order valence-corrected chi connectivity index (χ1v) is 9.05. The van der Waals surface area contributed by atoms with Gasteiger partial charge in [0.25, 0.3) is 5.91 Å². The second-order valence-electron chi connectivity index (χ2n) is 5.96. The van der Waals surface area contributed by atoms with E-state index >= 15 is 0 Å². The summed E-state index contributed by atoms with van der Waals surface area (Å²) in [6.07, 6.45) is 2.07. The molecule has 0 aliphatic heterocycles. The highest BCUT2D eigenvalue weighted by Gasteiger charge is 2.23. The summed E-state index contributed by atoms with van der Waals surface area (Å²) in [4.78, 5) is 24.9. The Hall–Kier alpha value is -3.13. The first-order valence-electron chi connectivity index (χ1n) is 8.17. The van der Waals surface area contributed by atoms with Gasteiger partial charge in [0.15, 0.2) is 11.5 Å². The fourth-order valence-electron chi connectivity index (χ4n) is 2.33. The van der Waals surface area contributed by atoms with E-state index in [2.05, 4.69) is 21.1 Å². The minimum absolute atomic E-state index is 0.208. The molecule has 1 fully saturated rings. The van der Waals surface area contributed by atoms with Crippen LogP contribution in [0.3, 0.4) is 0 Å². The summed E-state index contributed by atoms with van der Waals surface area (Å²) in [6, 6.07) is 12.4. The van der Waals surface area contributed by atoms with Crippen LogP contribution >= 0.6 is 11.3 Å². The summed E-state index contributed by atoms with van der Waals surface area (Å²) in [5, 5.41) is 14.1. The molecule has 4 rings (SSSR count). The van der Waals surface area contributed by atoms with E-state index in [1.165, 1.54) is 11.3 Å². The van der Waals surface area contributed by atoms with Crippen molar-refractivity contribution in [2.24, 2.45) is 0 Å². The molecule has 3 amide bonds. The molecule has 0 atom stereocenters. The molecular formula is C18H16N4O3S. The number of thiophene rings is 1. The van der Waals surface area contributed by atoms with Gasteiger partial charge in [0.05, 0.1) is 4.88 Å². The van der Waals surface area contributed by atoms with E-state index in [4.69, 9.17) is 4.52 Å². The number of rotatable bonds is 5. The molecule has 1 aromatic carbocycles. The van der Waals surface area contributed by atoms with E-state index in [1.54, 1.807) is 30.3 Å². The smallest absolute Gasteiger partial charge is 0.319 e. The van der Waals surface area contributed by atoms with Crippen LogP contribution in [0.25, 0.3) is 10.6 Å². The molecule has 0 saturated heterocycles. The number of hydrogen-bond donors (Lipinski definition) is 3. The fraction of sp³-hybridized carbons (Fsp3) is 0.167. The zero-order valence-electron chi connectivity index (χ0n) is 13.7. The van der Waals surface area contributed by atoms with Gasteiger partial charge in [-0.2, -0.15) is 0 Å². The normalized spacial score (nSPS) is 13.2. The Morgan fingerprint density at radius 3 is 2.46 bits per heavy atom. The van der Waals surface area contributed by atoms with Crippen LogP contribution in [0, 0.1) is 0 Å². The SMILES string of the molecule is O=C(Nc1ccc(NC(=O)c2cc(-c3cccs3)on2)cc1)NC1CC1. The van der Waals surface area contributed by atoms with Crippen molar-refractivity contribution >= 4 is 34.6 Å². The van der Waals surface area contributed by atoms with E-state index < -0.39 is 0 Å². The zero-order valence-corrected chi connectivity index (χ0v) is 14.5. The van der Waals surface area contributed by atoms with Crippen molar-refractivity contribution < 1.29 is 14.1 Å². The first kappa shape index (κ1) is 16.3. The molecule has 3 N–H and O–H groups in total. The zero-order chi connectivity index (χ0) is 17.9. The van der Waals surface area contributed by atoms with Gasteiger partial charge in [-0.3, -0.25) is 4.79 Å². The van der Waals surface area contributed by atoms with Crippen molar-refractivity contribution in [3.63, 3.8) is 0 Å². The maximum atomic E-state index is 12.3. The minimum Gasteiger partial charge on any atom is -0.355 e. The number of hydrogen-bond acceptors (Lipinski definition) is 5. The highest BCUT2D eigenvalue weighted by atomic mass is 32.1. The van der Waals surface area contributed by atoms with E-state index in [0.717, 1.165) is 17.7 Å². The summed E-state index contributed by atoms with van der Waals surface area (Å²) >= 11 is 1.51. The third-order valence-corrected chi connectivity index (χ3v) is 4.70. The molecule has 1 aliphatic rings. The molecule has 0 radical (unpaired) electrons. The third-order valence-electron chi connectivity index (χ3n) is 3.82. The molecule has 1 aliphatic carbocycles. The summed E-state index contributed by atoms with van der Waals surface area (Å²) in [5.41, 5.74) is 1.46. The first-order chi connectivity index (χ1) is 12.7. The highest BCUT2D eigenvalue weighted by molar-refractivity contribution is 7.13. The molecule has 132 valence electrons. The number of urea groups is 1. The molecule has 0 unspecified atom stereocenters. The number of amides is 3. The van der Waals surface area contributed by atoms with Crippen LogP contribution in [0.15, 0.2) is 52.4 Å². The van der Waals surface area contributed by atoms with Crippen LogP contribution in [0.1, 0.15) is 23.3 Å². The second kappa shape index (κ2) is 7.01. The monoisotopic (exact) mass is 368 g/mol. The number of carbonyl (C=O) groups is 2. The minimum atomic E-state index is -0.358. The van der Waals surface area contributed by atoms with E-state index in [-0.39, 0.29) is 17.6 Å². The summed E-state index contributed by atoms with van der Waals surface area (Å²) < 4.78 is 5.21. The predicted octanol–water partition coefficient (Wildman–Crippen LogP) is 3.94. The van der Waals surface area contributed by atoms with Crippen LogP contribution in [-0.2, 0) is 0 Å². The van der Waals surface area contributed by atoms with E-state index in [0.29, 0.717) is 23.2 Å². The number of aromatic nitrogens is 1. The Bertz CT molecular complexity index is 914. The second-order valence-corrected chi connectivity index (χ2v) is 6.91. The van der Waals surface area contributed by atoms with Crippen molar-refractivity contribution in [1.29, 1.82) is 0 Å². The fourth-order valence-corrected chi connectivity index (χ4v) is 3.00. The van der Waals surface area contributed by atoms with Crippen molar-refractivity contribution in [3.05, 3.63) is 53.5 Å². The molecule has 1 saturated carbocycles. The average Bonchev–Trinajstić information content (AvgIpc) is 3.12. The van der Waals surface area contributed by atoms with Crippen molar-refractivity contribution in [1.82, 2.24) is 10.5 Å². The number of nitrogens with one attached hydrogen (secondary N) is 3. The third kappa shape index (κ3) is 3.92. The predicted molar refractivity (Wildman–Crippen MR) is 99.4 cm³/mol. The van der Waals surface area contributed by atoms with Gasteiger partial charge in [-0.05, 0) is 48.6 Å². The van der Waals surface area contributed by atoms with Gasteiger partial charge in [0.1, 0.15) is 0 Å². The number of anilines is 2. The Morgan fingerprint density at radius 1 is 1.08 bits per heavy atom. The number of nitrogens with zero attached hydrogens (tertiary/aromatic N) is 1. The molecule has 3 aromatic rings. The van der Waals surface area contributed by atoms with Gasteiger partial charge in [-0.15, -0.1) is 11.3 Å². The molecule has 8 heteroatoms. The van der Waals surface area contributed by atoms with Gasteiger partial charge >= 0.3 is 6.03 Å². The van der Waals surface area contributed by atoms with Crippen LogP contribution in [0.4, 0.5) is 16.2 Å². The largest absolute Gasteiger partial charge is 0.355 e. The Balaban J connectivity index is 1.36. The van der Waals surface area contributed by atoms with Crippen molar-refractivity contribution in [2.45, 2.75) is 18.9 Å². The summed E-state index contributed by atoms with van der Waals surface area (Å²) in [6.45, 7) is 0. The summed E-state index contributed by atoms with van der Waals surface area (Å²) in [7, 11) is 0. The maximum absolute atomic E-state index is 12.3. The van der Waals surface area contributed by atoms with Crippen LogP contribution in [-0.4, -0.2) is 23.1 Å². The lowest BCUT2D eigenvalue weighted by molar-refractivity contribution is 0.101. The van der Waals surface area contributed by atoms with E-state index in [9.17, 15) is 9.59 Å². The van der Waals surface area contributed by atoms with E-state index in [1.807, 2.05) is 17.5 Å². The molecule has 7 nitrogen and oxygen atoms in total. The lowest BCUT2D eigenvalue weighted by Crippen LogP contribution is -2.30. The Kier molecular flexibility index (Phi) is 4.40. The molecule has 0 bridgehead atoms. The molecule has 0 spiro atoms. The maximum Gasteiger partial charge on any atom is 0.319 e. The van der Waals surface area contributed by atoms with Gasteiger partial charge < -0.3 is 20.5 Å². The van der Waals surface area contributed by atoms with Gasteiger partial charge in [-0.1, -0.05) is 11.2 Å². The van der Waals surface area contributed by atoms with Crippen LogP contribution < -0.4 is 16.0 Å². The summed E-state index contributed by atoms with van der Waals surface area (Å²) in [5.74, 6) is 0.204. The average molecular weight is 368 g/mol. The highest BCUT2D eigenvalue weighted by Crippen LogP contribution is 2.25. The number of carbonyl (C=O) groups excluding carboxylic acids is 2. The molecule has 2 heterocycles. The Morgan fingerprint density at radius 2 is 1.81 bits per heavy atom. The molecule has 26 heavy (non-hydrogen) atoms. The lowest BCUT2D eigenvalue weighted by Gasteiger charge is -2.08. The molecule has 2 aromatic heterocycles. The van der Waals surface area contributed by atoms with Crippen LogP contribution in [0.5, 0.6) is 0 Å². The quantitative estimate of drug-likeness (QED) is 0.635. The van der Waals surface area contributed by atoms with Gasteiger partial charge in [-0.25, -0.2) is 4.79 Å². The van der Waals surface area contributed by atoms with Gasteiger partial charge in [0.2, 0.25) is 0 Å².